The van der Waals surface area contributed by atoms with Gasteiger partial charge in [-0.25, -0.2) is 0 Å². The molecule has 0 bridgehead atoms. The van der Waals surface area contributed by atoms with Crippen LogP contribution >= 0.6 is 11.6 Å². The summed E-state index contributed by atoms with van der Waals surface area (Å²) in [5, 5.41) is 3.50. The van der Waals surface area contributed by atoms with Gasteiger partial charge >= 0.3 is 0 Å². The van der Waals surface area contributed by atoms with E-state index in [1.807, 2.05) is 30.3 Å². The molecule has 2 heterocycles. The van der Waals surface area contributed by atoms with Crippen LogP contribution in [0, 0.1) is 0 Å². The van der Waals surface area contributed by atoms with Crippen molar-refractivity contribution in [2.45, 2.75) is 12.8 Å². The third-order valence-corrected chi connectivity index (χ3v) is 5.49. The van der Waals surface area contributed by atoms with Gasteiger partial charge in [0, 0.05) is 25.9 Å². The zero-order valence-electron chi connectivity index (χ0n) is 16.6. The van der Waals surface area contributed by atoms with Crippen molar-refractivity contribution in [3.05, 3.63) is 47.5 Å². The molecular weight excluding hydrogens is 406 g/mol. The van der Waals surface area contributed by atoms with E-state index in [2.05, 4.69) is 10.2 Å². The zero-order chi connectivity index (χ0) is 20.9. The van der Waals surface area contributed by atoms with E-state index in [9.17, 15) is 9.59 Å². The largest absolute Gasteiger partial charge is 0.490 e. The number of amides is 2. The Bertz CT molecular complexity index is 930. The predicted octanol–water partition coefficient (Wildman–Crippen LogP) is 3.32. The van der Waals surface area contributed by atoms with Crippen LogP contribution in [0.15, 0.2) is 42.5 Å². The van der Waals surface area contributed by atoms with Crippen LogP contribution in [0.4, 0.5) is 17.1 Å². The van der Waals surface area contributed by atoms with Crippen LogP contribution in [0.5, 0.6) is 5.75 Å². The monoisotopic (exact) mass is 429 g/mol. The number of fused-ring (bicyclic) bond motifs is 1. The standard InChI is InChI=1S/C22H24ClN3O4/c23-16-4-3-5-17(22(16)25-10-13-29-14-11-25)24-20(27)8-9-21(28)26-12-15-30-19-7-2-1-6-18(19)26/h1-7H,8-15H2,(H,24,27). The first kappa shape index (κ1) is 20.5. The van der Waals surface area contributed by atoms with Crippen LogP contribution in [0.1, 0.15) is 12.8 Å². The maximum Gasteiger partial charge on any atom is 0.227 e. The fourth-order valence-corrected chi connectivity index (χ4v) is 4.02. The van der Waals surface area contributed by atoms with Crippen molar-refractivity contribution in [1.29, 1.82) is 0 Å². The summed E-state index contributed by atoms with van der Waals surface area (Å²) in [6.45, 7) is 3.58. The molecule has 158 valence electrons. The molecule has 1 N–H and O–H groups in total. The molecule has 0 aliphatic carbocycles. The lowest BCUT2D eigenvalue weighted by Gasteiger charge is -2.31. The number of ether oxygens (including phenoxy) is 2. The molecule has 8 heteroatoms. The Hall–Kier alpha value is -2.77. The highest BCUT2D eigenvalue weighted by Gasteiger charge is 2.24. The first-order valence-electron chi connectivity index (χ1n) is 10.1. The number of carbonyl (C=O) groups excluding carboxylic acids is 2. The van der Waals surface area contributed by atoms with Crippen molar-refractivity contribution >= 4 is 40.5 Å². The third-order valence-electron chi connectivity index (χ3n) is 5.18. The summed E-state index contributed by atoms with van der Waals surface area (Å²) in [6, 6.07) is 12.9. The molecule has 0 spiro atoms. The van der Waals surface area contributed by atoms with Crippen molar-refractivity contribution in [3.63, 3.8) is 0 Å². The van der Waals surface area contributed by atoms with E-state index in [1.165, 1.54) is 0 Å². The fraction of sp³-hybridized carbons (Fsp3) is 0.364. The Morgan fingerprint density at radius 1 is 0.967 bits per heavy atom. The van der Waals surface area contributed by atoms with Gasteiger partial charge in [0.2, 0.25) is 11.8 Å². The normalized spacial score (nSPS) is 15.9. The zero-order valence-corrected chi connectivity index (χ0v) is 17.4. The second-order valence-corrected chi connectivity index (χ2v) is 7.55. The molecule has 2 amide bonds. The van der Waals surface area contributed by atoms with E-state index in [0.717, 1.165) is 11.4 Å². The van der Waals surface area contributed by atoms with Gasteiger partial charge in [-0.1, -0.05) is 29.8 Å². The molecule has 2 aromatic rings. The van der Waals surface area contributed by atoms with Gasteiger partial charge in [-0.2, -0.15) is 0 Å². The number of nitrogens with zero attached hydrogens (tertiary/aromatic N) is 2. The van der Waals surface area contributed by atoms with Gasteiger partial charge in [0.05, 0.1) is 41.8 Å². The van der Waals surface area contributed by atoms with Crippen LogP contribution in [0.2, 0.25) is 5.02 Å². The molecule has 0 saturated carbocycles. The molecule has 1 saturated heterocycles. The van der Waals surface area contributed by atoms with Crippen molar-refractivity contribution in [2.24, 2.45) is 0 Å². The van der Waals surface area contributed by atoms with E-state index < -0.39 is 0 Å². The number of halogens is 1. The highest BCUT2D eigenvalue weighted by molar-refractivity contribution is 6.34. The minimum Gasteiger partial charge on any atom is -0.490 e. The number of carbonyl (C=O) groups is 2. The quantitative estimate of drug-likeness (QED) is 0.789. The van der Waals surface area contributed by atoms with Crippen LogP contribution in [-0.2, 0) is 14.3 Å². The minimum absolute atomic E-state index is 0.0907. The fourth-order valence-electron chi connectivity index (χ4n) is 3.72. The summed E-state index contributed by atoms with van der Waals surface area (Å²) in [5.41, 5.74) is 2.20. The topological polar surface area (TPSA) is 71.1 Å². The molecule has 1 fully saturated rings. The minimum atomic E-state index is -0.221. The molecule has 30 heavy (non-hydrogen) atoms. The Balaban J connectivity index is 1.39. The summed E-state index contributed by atoms with van der Waals surface area (Å²) in [4.78, 5) is 29.1. The molecule has 0 unspecified atom stereocenters. The van der Waals surface area contributed by atoms with Crippen LogP contribution < -0.4 is 19.9 Å². The second-order valence-electron chi connectivity index (χ2n) is 7.15. The molecular formula is C22H24ClN3O4. The van der Waals surface area contributed by atoms with Crippen molar-refractivity contribution < 1.29 is 19.1 Å². The van der Waals surface area contributed by atoms with Gasteiger partial charge in [-0.3, -0.25) is 9.59 Å². The average molecular weight is 430 g/mol. The molecule has 0 radical (unpaired) electrons. The lowest BCUT2D eigenvalue weighted by Crippen LogP contribution is -2.38. The van der Waals surface area contributed by atoms with E-state index in [-0.39, 0.29) is 24.7 Å². The number of anilines is 3. The van der Waals surface area contributed by atoms with Gasteiger partial charge in [0.15, 0.2) is 0 Å². The maximum atomic E-state index is 12.7. The lowest BCUT2D eigenvalue weighted by molar-refractivity contribution is -0.122. The highest BCUT2D eigenvalue weighted by Crippen LogP contribution is 2.35. The number of rotatable bonds is 5. The number of para-hydroxylation sites is 3. The smallest absolute Gasteiger partial charge is 0.227 e. The number of nitrogens with one attached hydrogen (secondary N) is 1. The molecule has 0 aromatic heterocycles. The van der Waals surface area contributed by atoms with E-state index in [1.54, 1.807) is 17.0 Å². The van der Waals surface area contributed by atoms with Crippen LogP contribution in [0.3, 0.4) is 0 Å². The van der Waals surface area contributed by atoms with Crippen molar-refractivity contribution in [3.8, 4) is 5.75 Å². The van der Waals surface area contributed by atoms with Crippen molar-refractivity contribution in [1.82, 2.24) is 0 Å². The van der Waals surface area contributed by atoms with E-state index in [4.69, 9.17) is 21.1 Å². The summed E-state index contributed by atoms with van der Waals surface area (Å²) in [7, 11) is 0. The van der Waals surface area contributed by atoms with Crippen LogP contribution in [0.25, 0.3) is 0 Å². The molecule has 2 aromatic carbocycles. The summed E-state index contributed by atoms with van der Waals surface area (Å²) in [5.74, 6) is 0.373. The summed E-state index contributed by atoms with van der Waals surface area (Å²) in [6.07, 6.45) is 0.209. The number of hydrogen-bond acceptors (Lipinski definition) is 5. The SMILES string of the molecule is O=C(CCC(=O)N1CCOc2ccccc21)Nc1cccc(Cl)c1N1CCOCC1. The Morgan fingerprint density at radius 2 is 1.77 bits per heavy atom. The van der Waals surface area contributed by atoms with Gasteiger partial charge in [-0.05, 0) is 24.3 Å². The lowest BCUT2D eigenvalue weighted by atomic mass is 10.2. The second kappa shape index (κ2) is 9.36. The Morgan fingerprint density at radius 3 is 2.60 bits per heavy atom. The third kappa shape index (κ3) is 4.52. The van der Waals surface area contributed by atoms with E-state index >= 15 is 0 Å². The Kier molecular flexibility index (Phi) is 6.40. The molecule has 2 aliphatic heterocycles. The van der Waals surface area contributed by atoms with Gasteiger partial charge in [-0.15, -0.1) is 0 Å². The average Bonchev–Trinajstić information content (AvgIpc) is 2.78. The molecule has 7 nitrogen and oxygen atoms in total. The number of morpholine rings is 1. The summed E-state index contributed by atoms with van der Waals surface area (Å²) >= 11 is 6.42. The molecule has 2 aliphatic rings. The van der Waals surface area contributed by atoms with E-state index in [0.29, 0.717) is 55.9 Å². The van der Waals surface area contributed by atoms with Crippen molar-refractivity contribution in [2.75, 3.05) is 54.6 Å². The molecule has 4 rings (SSSR count). The predicted molar refractivity (Wildman–Crippen MR) is 117 cm³/mol. The highest BCUT2D eigenvalue weighted by atomic mass is 35.5. The summed E-state index contributed by atoms with van der Waals surface area (Å²) < 4.78 is 11.0. The first-order chi connectivity index (χ1) is 14.6. The first-order valence-corrected chi connectivity index (χ1v) is 10.4. The maximum absolute atomic E-state index is 12.7. The Labute approximate surface area is 180 Å². The molecule has 0 atom stereocenters. The number of benzene rings is 2. The number of hydrogen-bond donors (Lipinski definition) is 1. The van der Waals surface area contributed by atoms with Gasteiger partial charge < -0.3 is 24.6 Å². The van der Waals surface area contributed by atoms with Gasteiger partial charge in [0.1, 0.15) is 12.4 Å². The van der Waals surface area contributed by atoms with Gasteiger partial charge in [0.25, 0.3) is 0 Å². The van der Waals surface area contributed by atoms with Crippen LogP contribution in [-0.4, -0.2) is 51.3 Å².